The Labute approximate surface area is 162 Å². The summed E-state index contributed by atoms with van der Waals surface area (Å²) in [6, 6.07) is 11.4. The van der Waals surface area contributed by atoms with Crippen molar-refractivity contribution in [1.29, 1.82) is 0 Å². The summed E-state index contributed by atoms with van der Waals surface area (Å²) in [5, 5.41) is 3.15. The molecule has 1 aromatic carbocycles. The Balaban J connectivity index is 0.00000225. The van der Waals surface area contributed by atoms with Crippen LogP contribution < -0.4 is 10.1 Å². The minimum atomic E-state index is -0.0403. The molecule has 1 saturated heterocycles. The average molecular weight is 430 g/mol. The van der Waals surface area contributed by atoms with Gasteiger partial charge in [0, 0.05) is 23.6 Å². The Hall–Kier alpha value is -1.50. The molecule has 0 aliphatic carbocycles. The summed E-state index contributed by atoms with van der Waals surface area (Å²) in [7, 11) is 1.91. The smallest absolute Gasteiger partial charge is 0.289 e. The molecule has 1 amide bonds. The standard InChI is InChI=1S/C18H21BrN2O3.ClH/c1-20-11-14-5-3-9-21(14)18(22)17-8-7-16(24-17)12-23-15-6-2-4-13(19)10-15;/h2,4,6-8,10,14,20H,3,5,9,11-12H2,1H3;1H. The van der Waals surface area contributed by atoms with E-state index in [0.29, 0.717) is 18.1 Å². The molecule has 25 heavy (non-hydrogen) atoms. The van der Waals surface area contributed by atoms with Crippen molar-refractivity contribution in [2.75, 3.05) is 20.1 Å². The molecule has 1 aliphatic rings. The summed E-state index contributed by atoms with van der Waals surface area (Å²) in [6.07, 6.45) is 2.07. The van der Waals surface area contributed by atoms with Crippen molar-refractivity contribution in [1.82, 2.24) is 10.2 Å². The molecule has 1 unspecified atom stereocenters. The van der Waals surface area contributed by atoms with Crippen LogP contribution in [0.1, 0.15) is 29.2 Å². The summed E-state index contributed by atoms with van der Waals surface area (Å²) in [5.41, 5.74) is 0. The van der Waals surface area contributed by atoms with E-state index in [1.807, 2.05) is 36.2 Å². The highest BCUT2D eigenvalue weighted by molar-refractivity contribution is 9.10. The number of amides is 1. The van der Waals surface area contributed by atoms with Gasteiger partial charge in [-0.25, -0.2) is 0 Å². The summed E-state index contributed by atoms with van der Waals surface area (Å²) < 4.78 is 12.3. The normalized spacial score (nSPS) is 16.6. The van der Waals surface area contributed by atoms with Crippen LogP contribution in [-0.4, -0.2) is 37.0 Å². The van der Waals surface area contributed by atoms with Gasteiger partial charge in [0.1, 0.15) is 18.1 Å². The van der Waals surface area contributed by atoms with E-state index in [0.717, 1.165) is 36.2 Å². The molecule has 2 aromatic rings. The Morgan fingerprint density at radius 1 is 1.40 bits per heavy atom. The summed E-state index contributed by atoms with van der Waals surface area (Å²) >= 11 is 3.41. The highest BCUT2D eigenvalue weighted by Gasteiger charge is 2.30. The van der Waals surface area contributed by atoms with Crippen LogP contribution in [0.4, 0.5) is 0 Å². The van der Waals surface area contributed by atoms with Gasteiger partial charge in [0.2, 0.25) is 0 Å². The molecular formula is C18H22BrClN2O3. The van der Waals surface area contributed by atoms with Gasteiger partial charge in [-0.1, -0.05) is 22.0 Å². The molecule has 0 spiro atoms. The molecule has 1 aliphatic heterocycles. The molecule has 7 heteroatoms. The average Bonchev–Trinajstić information content (AvgIpc) is 3.22. The van der Waals surface area contributed by atoms with Crippen LogP contribution in [0.3, 0.4) is 0 Å². The lowest BCUT2D eigenvalue weighted by Gasteiger charge is -2.23. The lowest BCUT2D eigenvalue weighted by molar-refractivity contribution is 0.0700. The van der Waals surface area contributed by atoms with Crippen LogP contribution in [0.25, 0.3) is 0 Å². The van der Waals surface area contributed by atoms with E-state index >= 15 is 0 Å². The Kier molecular flexibility index (Phi) is 7.35. The molecule has 1 atom stereocenters. The van der Waals surface area contributed by atoms with Gasteiger partial charge in [0.25, 0.3) is 5.91 Å². The lowest BCUT2D eigenvalue weighted by atomic mass is 10.2. The summed E-state index contributed by atoms with van der Waals surface area (Å²) in [4.78, 5) is 14.5. The quantitative estimate of drug-likeness (QED) is 0.757. The van der Waals surface area contributed by atoms with Crippen LogP contribution in [-0.2, 0) is 6.61 Å². The first-order chi connectivity index (χ1) is 11.7. The Morgan fingerprint density at radius 2 is 2.24 bits per heavy atom. The van der Waals surface area contributed by atoms with Crippen LogP contribution in [0.2, 0.25) is 0 Å². The number of rotatable bonds is 6. The zero-order valence-electron chi connectivity index (χ0n) is 14.0. The Bertz CT molecular complexity index is 707. The van der Waals surface area contributed by atoms with Crippen LogP contribution in [0.15, 0.2) is 45.3 Å². The predicted octanol–water partition coefficient (Wildman–Crippen LogP) is 3.87. The van der Waals surface area contributed by atoms with Crippen molar-refractivity contribution in [3.05, 3.63) is 52.4 Å². The number of hydrogen-bond acceptors (Lipinski definition) is 4. The Morgan fingerprint density at radius 3 is 3.00 bits per heavy atom. The van der Waals surface area contributed by atoms with Crippen LogP contribution in [0, 0.1) is 0 Å². The van der Waals surface area contributed by atoms with Gasteiger partial charge >= 0.3 is 0 Å². The molecule has 1 aromatic heterocycles. The zero-order chi connectivity index (χ0) is 16.9. The molecule has 0 radical (unpaired) electrons. The van der Waals surface area contributed by atoms with E-state index in [2.05, 4.69) is 21.2 Å². The van der Waals surface area contributed by atoms with Crippen molar-refractivity contribution in [3.63, 3.8) is 0 Å². The first-order valence-electron chi connectivity index (χ1n) is 8.10. The van der Waals surface area contributed by atoms with E-state index in [4.69, 9.17) is 9.15 Å². The highest BCUT2D eigenvalue weighted by Crippen LogP contribution is 2.22. The summed E-state index contributed by atoms with van der Waals surface area (Å²) in [5.74, 6) is 1.73. The number of likely N-dealkylation sites (N-methyl/N-ethyl adjacent to an activating group) is 1. The minimum Gasteiger partial charge on any atom is -0.486 e. The second kappa shape index (κ2) is 9.27. The molecular weight excluding hydrogens is 408 g/mol. The number of nitrogens with zero attached hydrogens (tertiary/aromatic N) is 1. The first-order valence-corrected chi connectivity index (χ1v) is 8.89. The van der Waals surface area contributed by atoms with Gasteiger partial charge in [-0.15, -0.1) is 12.4 Å². The molecule has 1 fully saturated rings. The van der Waals surface area contributed by atoms with Gasteiger partial charge in [0.05, 0.1) is 0 Å². The van der Waals surface area contributed by atoms with Crippen molar-refractivity contribution < 1.29 is 13.9 Å². The molecule has 0 bridgehead atoms. The van der Waals surface area contributed by atoms with Gasteiger partial charge < -0.3 is 19.4 Å². The van der Waals surface area contributed by atoms with Crippen molar-refractivity contribution in [3.8, 4) is 5.75 Å². The molecule has 3 rings (SSSR count). The maximum atomic E-state index is 12.6. The topological polar surface area (TPSA) is 54.7 Å². The first kappa shape index (κ1) is 19.8. The third-order valence-electron chi connectivity index (χ3n) is 4.13. The second-order valence-corrected chi connectivity index (χ2v) is 6.78. The SMILES string of the molecule is CNCC1CCCN1C(=O)c1ccc(COc2cccc(Br)c2)o1.Cl. The number of carbonyl (C=O) groups excluding carboxylic acids is 1. The van der Waals surface area contributed by atoms with E-state index in [1.165, 1.54) is 0 Å². The zero-order valence-corrected chi connectivity index (χ0v) is 16.4. The van der Waals surface area contributed by atoms with Gasteiger partial charge in [0.15, 0.2) is 5.76 Å². The lowest BCUT2D eigenvalue weighted by Crippen LogP contribution is -2.40. The third-order valence-corrected chi connectivity index (χ3v) is 4.62. The van der Waals surface area contributed by atoms with E-state index in [-0.39, 0.29) is 24.4 Å². The molecule has 2 heterocycles. The number of nitrogens with one attached hydrogen (secondary N) is 1. The van der Waals surface area contributed by atoms with Gasteiger partial charge in [-0.2, -0.15) is 0 Å². The number of carbonyl (C=O) groups is 1. The fourth-order valence-electron chi connectivity index (χ4n) is 2.97. The number of benzene rings is 1. The molecule has 136 valence electrons. The molecule has 1 N–H and O–H groups in total. The number of ether oxygens (including phenoxy) is 1. The van der Waals surface area contributed by atoms with Crippen LogP contribution >= 0.6 is 28.3 Å². The van der Waals surface area contributed by atoms with Crippen LogP contribution in [0.5, 0.6) is 5.75 Å². The fourth-order valence-corrected chi connectivity index (χ4v) is 3.35. The maximum Gasteiger partial charge on any atom is 0.289 e. The molecule has 5 nitrogen and oxygen atoms in total. The maximum absolute atomic E-state index is 12.6. The fraction of sp³-hybridized carbons (Fsp3) is 0.389. The van der Waals surface area contributed by atoms with Gasteiger partial charge in [-0.3, -0.25) is 4.79 Å². The van der Waals surface area contributed by atoms with Crippen molar-refractivity contribution in [2.24, 2.45) is 0 Å². The largest absolute Gasteiger partial charge is 0.486 e. The number of hydrogen-bond donors (Lipinski definition) is 1. The van der Waals surface area contributed by atoms with E-state index in [1.54, 1.807) is 12.1 Å². The third kappa shape index (κ3) is 5.00. The monoisotopic (exact) mass is 428 g/mol. The summed E-state index contributed by atoms with van der Waals surface area (Å²) in [6.45, 7) is 1.89. The number of likely N-dealkylation sites (tertiary alicyclic amines) is 1. The van der Waals surface area contributed by atoms with E-state index < -0.39 is 0 Å². The van der Waals surface area contributed by atoms with Crippen molar-refractivity contribution >= 4 is 34.2 Å². The second-order valence-electron chi connectivity index (χ2n) is 5.86. The number of halogens is 2. The number of furan rings is 1. The van der Waals surface area contributed by atoms with Gasteiger partial charge in [-0.05, 0) is 50.2 Å². The van der Waals surface area contributed by atoms with Crippen molar-refractivity contribution in [2.45, 2.75) is 25.5 Å². The highest BCUT2D eigenvalue weighted by atomic mass is 79.9. The molecule has 0 saturated carbocycles. The van der Waals surface area contributed by atoms with E-state index in [9.17, 15) is 4.79 Å². The predicted molar refractivity (Wildman–Crippen MR) is 102 cm³/mol. The minimum absolute atomic E-state index is 0.